The molecule has 3 aromatic rings. The highest BCUT2D eigenvalue weighted by atomic mass is 16.5. The number of rotatable bonds is 3. The molecule has 3 nitrogen and oxygen atoms in total. The van der Waals surface area contributed by atoms with Gasteiger partial charge < -0.3 is 9.84 Å². The summed E-state index contributed by atoms with van der Waals surface area (Å²) in [6.45, 7) is 1.97. The zero-order valence-corrected chi connectivity index (χ0v) is 15.0. The summed E-state index contributed by atoms with van der Waals surface area (Å²) in [5.41, 5.74) is 1.84. The molecule has 0 aliphatic heterocycles. The molecule has 2 atom stereocenters. The van der Waals surface area contributed by atoms with Crippen molar-refractivity contribution in [2.24, 2.45) is 5.92 Å². The summed E-state index contributed by atoms with van der Waals surface area (Å²) in [5, 5.41) is 11.8. The second-order valence-electron chi connectivity index (χ2n) is 6.79. The largest absolute Gasteiger partial charge is 0.426 e. The number of benzene rings is 3. The number of hydrogen-bond acceptors (Lipinski definition) is 3. The Kier molecular flexibility index (Phi) is 4.38. The lowest BCUT2D eigenvalue weighted by atomic mass is 9.71. The number of hydrogen-bond donors (Lipinski definition) is 1. The Hall–Kier alpha value is -3.17. The Bertz CT molecular complexity index is 990. The van der Waals surface area contributed by atoms with Gasteiger partial charge >= 0.3 is 5.97 Å². The lowest BCUT2D eigenvalue weighted by Crippen LogP contribution is -2.43. The molecule has 27 heavy (non-hydrogen) atoms. The Morgan fingerprint density at radius 1 is 0.926 bits per heavy atom. The number of fused-ring (bicyclic) bond motifs is 1. The van der Waals surface area contributed by atoms with Crippen molar-refractivity contribution in [2.45, 2.75) is 12.5 Å². The number of ether oxygens (including phenoxy) is 1. The fourth-order valence-electron chi connectivity index (χ4n) is 3.56. The lowest BCUT2D eigenvalue weighted by molar-refractivity contribution is -0.144. The third-order valence-corrected chi connectivity index (χ3v) is 5.00. The highest BCUT2D eigenvalue weighted by molar-refractivity contribution is 5.83. The van der Waals surface area contributed by atoms with Crippen molar-refractivity contribution >= 4 is 12.0 Å². The quantitative estimate of drug-likeness (QED) is 0.556. The van der Waals surface area contributed by atoms with Crippen LogP contribution in [0.1, 0.15) is 22.3 Å². The van der Waals surface area contributed by atoms with Crippen molar-refractivity contribution in [1.82, 2.24) is 0 Å². The van der Waals surface area contributed by atoms with Gasteiger partial charge in [0.25, 0.3) is 0 Å². The minimum absolute atomic E-state index is 0.466. The van der Waals surface area contributed by atoms with E-state index in [1.54, 1.807) is 18.2 Å². The Morgan fingerprint density at radius 2 is 1.59 bits per heavy atom. The van der Waals surface area contributed by atoms with Crippen LogP contribution in [0.2, 0.25) is 0 Å². The third kappa shape index (κ3) is 3.07. The molecule has 0 fully saturated rings. The van der Waals surface area contributed by atoms with Crippen LogP contribution in [-0.2, 0) is 10.4 Å². The summed E-state index contributed by atoms with van der Waals surface area (Å²) in [4.78, 5) is 13.0. The van der Waals surface area contributed by atoms with Crippen LogP contribution >= 0.6 is 0 Å². The van der Waals surface area contributed by atoms with Gasteiger partial charge in [-0.15, -0.1) is 0 Å². The summed E-state index contributed by atoms with van der Waals surface area (Å²) in [6.07, 6.45) is 3.60. The van der Waals surface area contributed by atoms with E-state index in [9.17, 15) is 9.90 Å². The number of aryl methyl sites for hydroxylation is 1. The maximum atomic E-state index is 13.0. The number of aliphatic hydroxyl groups is 1. The predicted octanol–water partition coefficient (Wildman–Crippen LogP) is 4.48. The number of esters is 1. The average Bonchev–Trinajstić information content (AvgIpc) is 2.71. The molecule has 1 N–H and O–H groups in total. The van der Waals surface area contributed by atoms with Crippen LogP contribution in [0.4, 0.5) is 0 Å². The van der Waals surface area contributed by atoms with Gasteiger partial charge in [-0.1, -0.05) is 84.4 Å². The van der Waals surface area contributed by atoms with Crippen molar-refractivity contribution in [2.75, 3.05) is 0 Å². The fraction of sp³-hybridized carbons (Fsp3) is 0.125. The van der Waals surface area contributed by atoms with Crippen LogP contribution in [-0.4, -0.2) is 11.1 Å². The monoisotopic (exact) mass is 356 g/mol. The summed E-state index contributed by atoms with van der Waals surface area (Å²) in [6, 6.07) is 24.1. The summed E-state index contributed by atoms with van der Waals surface area (Å²) in [5.74, 6) is -0.875. The van der Waals surface area contributed by atoms with Crippen LogP contribution < -0.4 is 4.74 Å². The molecule has 0 aromatic heterocycles. The van der Waals surface area contributed by atoms with Crippen LogP contribution in [0.5, 0.6) is 5.75 Å². The normalized spacial score (nSPS) is 20.7. The van der Waals surface area contributed by atoms with Gasteiger partial charge in [0.05, 0.1) is 0 Å². The molecular formula is C24H20O3. The Balaban J connectivity index is 1.77. The first-order valence-corrected chi connectivity index (χ1v) is 8.93. The topological polar surface area (TPSA) is 46.5 Å². The van der Waals surface area contributed by atoms with Gasteiger partial charge in [-0.05, 0) is 35.7 Å². The van der Waals surface area contributed by atoms with Crippen molar-refractivity contribution in [3.05, 3.63) is 107 Å². The van der Waals surface area contributed by atoms with Crippen molar-refractivity contribution in [1.29, 1.82) is 0 Å². The van der Waals surface area contributed by atoms with Crippen LogP contribution in [0, 0.1) is 12.8 Å². The minimum atomic E-state index is -1.49. The second-order valence-corrected chi connectivity index (χ2v) is 6.79. The molecule has 1 aliphatic rings. The summed E-state index contributed by atoms with van der Waals surface area (Å²) in [7, 11) is 0. The molecule has 4 rings (SSSR count). The molecule has 0 heterocycles. The maximum Gasteiger partial charge on any atom is 0.321 e. The first-order valence-electron chi connectivity index (χ1n) is 8.93. The maximum absolute atomic E-state index is 13.0. The molecule has 0 spiro atoms. The molecule has 0 saturated heterocycles. The first-order chi connectivity index (χ1) is 13.1. The van der Waals surface area contributed by atoms with Gasteiger partial charge in [0.1, 0.15) is 17.3 Å². The summed E-state index contributed by atoms with van der Waals surface area (Å²) >= 11 is 0. The third-order valence-electron chi connectivity index (χ3n) is 5.00. The van der Waals surface area contributed by atoms with Crippen molar-refractivity contribution < 1.29 is 14.6 Å². The van der Waals surface area contributed by atoms with E-state index in [0.717, 1.165) is 11.1 Å². The second kappa shape index (κ2) is 6.86. The van der Waals surface area contributed by atoms with Gasteiger partial charge in [-0.25, -0.2) is 0 Å². The first kappa shape index (κ1) is 17.3. The molecule has 134 valence electrons. The van der Waals surface area contributed by atoms with Crippen LogP contribution in [0.15, 0.2) is 84.9 Å². The molecule has 1 aliphatic carbocycles. The molecule has 0 saturated carbocycles. The van der Waals surface area contributed by atoms with Crippen molar-refractivity contribution in [3.8, 4) is 5.75 Å². The molecule has 0 radical (unpaired) electrons. The standard InChI is InChI=1S/C24H20O3/c1-17-11-14-20(15-12-17)27-23(25)22-16-13-18-7-5-6-10-21(18)24(22,26)19-8-3-2-4-9-19/h2-16,22,26H,1H3. The van der Waals surface area contributed by atoms with Gasteiger partial charge in [-0.2, -0.15) is 0 Å². The van der Waals surface area contributed by atoms with E-state index in [1.165, 1.54) is 0 Å². The Morgan fingerprint density at radius 3 is 2.33 bits per heavy atom. The minimum Gasteiger partial charge on any atom is -0.426 e. The Labute approximate surface area is 158 Å². The van der Waals surface area contributed by atoms with Crippen LogP contribution in [0.3, 0.4) is 0 Å². The highest BCUT2D eigenvalue weighted by Gasteiger charge is 2.46. The SMILES string of the molecule is Cc1ccc(OC(=O)C2C=Cc3ccccc3C2(O)c2ccccc2)cc1. The molecule has 3 aromatic carbocycles. The zero-order chi connectivity index (χ0) is 18.9. The smallest absolute Gasteiger partial charge is 0.321 e. The van der Waals surface area contributed by atoms with E-state index >= 15 is 0 Å². The van der Waals surface area contributed by atoms with Crippen LogP contribution in [0.25, 0.3) is 6.08 Å². The van der Waals surface area contributed by atoms with E-state index in [-0.39, 0.29) is 0 Å². The highest BCUT2D eigenvalue weighted by Crippen LogP contribution is 2.43. The van der Waals surface area contributed by atoms with E-state index in [0.29, 0.717) is 16.9 Å². The van der Waals surface area contributed by atoms with E-state index < -0.39 is 17.5 Å². The van der Waals surface area contributed by atoms with Gasteiger partial charge in [-0.3, -0.25) is 4.79 Å². The van der Waals surface area contributed by atoms with Gasteiger partial charge in [0.2, 0.25) is 0 Å². The molecule has 0 bridgehead atoms. The molecule has 3 heteroatoms. The fourth-order valence-corrected chi connectivity index (χ4v) is 3.56. The average molecular weight is 356 g/mol. The molecule has 0 amide bonds. The number of carbonyl (C=O) groups excluding carboxylic acids is 1. The molecular weight excluding hydrogens is 336 g/mol. The molecule has 2 unspecified atom stereocenters. The van der Waals surface area contributed by atoms with E-state index in [1.807, 2.05) is 79.7 Å². The summed E-state index contributed by atoms with van der Waals surface area (Å²) < 4.78 is 5.59. The van der Waals surface area contributed by atoms with E-state index in [4.69, 9.17) is 4.74 Å². The lowest BCUT2D eigenvalue weighted by Gasteiger charge is -2.37. The number of carbonyl (C=O) groups is 1. The zero-order valence-electron chi connectivity index (χ0n) is 15.0. The van der Waals surface area contributed by atoms with E-state index in [2.05, 4.69) is 0 Å². The predicted molar refractivity (Wildman–Crippen MR) is 105 cm³/mol. The van der Waals surface area contributed by atoms with Gasteiger partial charge in [0.15, 0.2) is 0 Å². The van der Waals surface area contributed by atoms with Crippen molar-refractivity contribution in [3.63, 3.8) is 0 Å². The van der Waals surface area contributed by atoms with Gasteiger partial charge in [0, 0.05) is 0 Å².